The maximum absolute atomic E-state index is 13.5. The predicted molar refractivity (Wildman–Crippen MR) is 70.0 cm³/mol. The Morgan fingerprint density at radius 3 is 2.25 bits per heavy atom. The van der Waals surface area contributed by atoms with Gasteiger partial charge in [-0.2, -0.15) is 0 Å². The minimum absolute atomic E-state index is 0.510. The molecule has 0 bridgehead atoms. The summed E-state index contributed by atoms with van der Waals surface area (Å²) in [6, 6.07) is 0.521. The van der Waals surface area contributed by atoms with Gasteiger partial charge in [-0.15, -0.1) is 0 Å². The van der Waals surface area contributed by atoms with Crippen LogP contribution in [0.2, 0.25) is 5.02 Å². The molecule has 1 aromatic carbocycles. The van der Waals surface area contributed by atoms with Crippen LogP contribution >= 0.6 is 11.6 Å². The van der Waals surface area contributed by atoms with E-state index in [1.54, 1.807) is 20.8 Å². The number of amides is 1. The first-order valence-electron chi connectivity index (χ1n) is 5.37. The van der Waals surface area contributed by atoms with E-state index >= 15 is 0 Å². The second-order valence-electron chi connectivity index (χ2n) is 5.11. The van der Waals surface area contributed by atoms with Crippen molar-refractivity contribution in [1.29, 1.82) is 0 Å². The molecule has 0 aliphatic rings. The molecule has 3 N–H and O–H groups in total. The second-order valence-corrected chi connectivity index (χ2v) is 6.99. The highest BCUT2D eigenvalue weighted by atomic mass is 35.5. The van der Waals surface area contributed by atoms with Crippen molar-refractivity contribution in [2.75, 3.05) is 0 Å². The number of hydrogen-bond acceptors (Lipinski definition) is 3. The van der Waals surface area contributed by atoms with Crippen molar-refractivity contribution >= 4 is 27.5 Å². The molecule has 5 nitrogen and oxygen atoms in total. The highest BCUT2D eigenvalue weighted by Crippen LogP contribution is 2.29. The number of primary sulfonamides is 1. The van der Waals surface area contributed by atoms with Gasteiger partial charge in [0.2, 0.25) is 10.0 Å². The number of halogens is 3. The van der Waals surface area contributed by atoms with Crippen LogP contribution in [0.4, 0.5) is 8.78 Å². The summed E-state index contributed by atoms with van der Waals surface area (Å²) >= 11 is 5.67. The molecule has 0 aliphatic carbocycles. The maximum atomic E-state index is 13.5. The van der Waals surface area contributed by atoms with Crippen molar-refractivity contribution in [3.05, 3.63) is 28.3 Å². The summed E-state index contributed by atoms with van der Waals surface area (Å²) < 4.78 is 49.4. The lowest BCUT2D eigenvalue weighted by Gasteiger charge is -2.21. The van der Waals surface area contributed by atoms with Crippen LogP contribution < -0.4 is 10.5 Å². The van der Waals surface area contributed by atoms with Gasteiger partial charge in [-0.05, 0) is 26.8 Å². The van der Waals surface area contributed by atoms with Crippen molar-refractivity contribution in [3.63, 3.8) is 0 Å². The SMILES string of the molecule is CC(C)(C)NC(=O)c1cc(F)c(F)c(S(N)(=O)=O)c1Cl. The topological polar surface area (TPSA) is 89.3 Å². The van der Waals surface area contributed by atoms with E-state index < -0.39 is 48.6 Å². The van der Waals surface area contributed by atoms with Crippen molar-refractivity contribution in [2.45, 2.75) is 31.2 Å². The molecule has 0 aliphatic heterocycles. The largest absolute Gasteiger partial charge is 0.347 e. The maximum Gasteiger partial charge on any atom is 0.253 e. The highest BCUT2D eigenvalue weighted by molar-refractivity contribution is 7.89. The monoisotopic (exact) mass is 326 g/mol. The third-order valence-corrected chi connectivity index (χ3v) is 3.59. The lowest BCUT2D eigenvalue weighted by atomic mass is 10.1. The van der Waals surface area contributed by atoms with Crippen LogP contribution in [-0.2, 0) is 10.0 Å². The molecule has 112 valence electrons. The number of carbonyl (C=O) groups excluding carboxylic acids is 1. The van der Waals surface area contributed by atoms with Crippen molar-refractivity contribution in [3.8, 4) is 0 Å². The van der Waals surface area contributed by atoms with Gasteiger partial charge in [0.05, 0.1) is 10.6 Å². The van der Waals surface area contributed by atoms with Crippen LogP contribution in [0.5, 0.6) is 0 Å². The molecule has 0 fully saturated rings. The number of nitrogens with two attached hydrogens (primary N) is 1. The molecular weight excluding hydrogens is 314 g/mol. The molecule has 0 saturated heterocycles. The highest BCUT2D eigenvalue weighted by Gasteiger charge is 2.28. The fourth-order valence-corrected chi connectivity index (χ4v) is 2.66. The van der Waals surface area contributed by atoms with Gasteiger partial charge in [0.25, 0.3) is 5.91 Å². The van der Waals surface area contributed by atoms with Gasteiger partial charge < -0.3 is 5.32 Å². The Bertz CT molecular complexity index is 669. The zero-order valence-electron chi connectivity index (χ0n) is 10.9. The average Bonchev–Trinajstić information content (AvgIpc) is 2.18. The standard InChI is InChI=1S/C11H13ClF2N2O3S/c1-11(2,3)16-10(17)5-4-6(13)8(14)9(7(5)12)20(15,18)19/h4H,1-3H3,(H,16,17)(H2,15,18,19). The Morgan fingerprint density at radius 1 is 1.35 bits per heavy atom. The zero-order chi connectivity index (χ0) is 15.9. The minimum Gasteiger partial charge on any atom is -0.347 e. The van der Waals surface area contributed by atoms with Gasteiger partial charge in [0.1, 0.15) is 4.90 Å². The number of nitrogens with one attached hydrogen (secondary N) is 1. The van der Waals surface area contributed by atoms with Crippen LogP contribution in [0.1, 0.15) is 31.1 Å². The first-order valence-corrected chi connectivity index (χ1v) is 7.30. The number of hydrogen-bond donors (Lipinski definition) is 2. The number of rotatable bonds is 2. The molecule has 20 heavy (non-hydrogen) atoms. The van der Waals surface area contributed by atoms with Crippen LogP contribution in [0.15, 0.2) is 11.0 Å². The number of carbonyl (C=O) groups is 1. The number of benzene rings is 1. The Hall–Kier alpha value is -1.25. The van der Waals surface area contributed by atoms with Gasteiger partial charge in [-0.25, -0.2) is 22.3 Å². The summed E-state index contributed by atoms with van der Waals surface area (Å²) in [5, 5.41) is 6.47. The quantitative estimate of drug-likeness (QED) is 0.812. The van der Waals surface area contributed by atoms with E-state index in [1.807, 2.05) is 0 Å². The van der Waals surface area contributed by atoms with E-state index in [0.29, 0.717) is 6.07 Å². The lowest BCUT2D eigenvalue weighted by molar-refractivity contribution is 0.0919. The average molecular weight is 327 g/mol. The second kappa shape index (κ2) is 5.27. The van der Waals surface area contributed by atoms with Crippen molar-refractivity contribution in [1.82, 2.24) is 5.32 Å². The molecule has 0 aromatic heterocycles. The fraction of sp³-hybridized carbons (Fsp3) is 0.364. The zero-order valence-corrected chi connectivity index (χ0v) is 12.5. The summed E-state index contributed by atoms with van der Waals surface area (Å²) in [5.41, 5.74) is -1.18. The molecule has 0 unspecified atom stereocenters. The molecule has 0 saturated carbocycles. The van der Waals surface area contributed by atoms with Gasteiger partial charge in [-0.1, -0.05) is 11.6 Å². The van der Waals surface area contributed by atoms with Crippen LogP contribution in [0, 0.1) is 11.6 Å². The van der Waals surface area contributed by atoms with Gasteiger partial charge in [0, 0.05) is 5.54 Å². The van der Waals surface area contributed by atoms with Crippen molar-refractivity contribution in [2.24, 2.45) is 5.14 Å². The summed E-state index contributed by atoms with van der Waals surface area (Å²) in [6.45, 7) is 4.96. The molecule has 0 radical (unpaired) electrons. The van der Waals surface area contributed by atoms with E-state index in [0.717, 1.165) is 0 Å². The third kappa shape index (κ3) is 3.65. The Kier molecular flexibility index (Phi) is 4.42. The molecule has 1 aromatic rings. The van der Waals surface area contributed by atoms with Crippen LogP contribution in [-0.4, -0.2) is 19.9 Å². The van der Waals surface area contributed by atoms with Crippen LogP contribution in [0.3, 0.4) is 0 Å². The van der Waals surface area contributed by atoms with Gasteiger partial charge in [-0.3, -0.25) is 4.79 Å². The van der Waals surface area contributed by atoms with E-state index in [1.165, 1.54) is 0 Å². The number of sulfonamides is 1. The minimum atomic E-state index is -4.61. The molecule has 9 heteroatoms. The smallest absolute Gasteiger partial charge is 0.253 e. The van der Waals surface area contributed by atoms with E-state index in [2.05, 4.69) is 5.32 Å². The summed E-state index contributed by atoms with van der Waals surface area (Å²) in [6.07, 6.45) is 0. The Labute approximate surface area is 120 Å². The summed E-state index contributed by atoms with van der Waals surface area (Å²) in [5.74, 6) is -4.09. The molecule has 0 atom stereocenters. The lowest BCUT2D eigenvalue weighted by Crippen LogP contribution is -2.40. The molecule has 0 heterocycles. The van der Waals surface area contributed by atoms with E-state index in [-0.39, 0.29) is 0 Å². The summed E-state index contributed by atoms with van der Waals surface area (Å²) in [7, 11) is -4.61. The van der Waals surface area contributed by atoms with Gasteiger partial charge in [0.15, 0.2) is 11.6 Å². The molecule has 1 rings (SSSR count). The summed E-state index contributed by atoms with van der Waals surface area (Å²) in [4.78, 5) is 10.7. The molecule has 0 spiro atoms. The normalized spacial score (nSPS) is 12.3. The van der Waals surface area contributed by atoms with Gasteiger partial charge >= 0.3 is 0 Å². The fourth-order valence-electron chi connectivity index (χ4n) is 1.40. The van der Waals surface area contributed by atoms with Crippen LogP contribution in [0.25, 0.3) is 0 Å². The first kappa shape index (κ1) is 16.8. The Morgan fingerprint density at radius 2 is 1.85 bits per heavy atom. The molecule has 1 amide bonds. The van der Waals surface area contributed by atoms with E-state index in [9.17, 15) is 22.0 Å². The van der Waals surface area contributed by atoms with E-state index in [4.69, 9.17) is 16.7 Å². The third-order valence-electron chi connectivity index (χ3n) is 2.13. The first-order chi connectivity index (χ1) is 8.84. The molecular formula is C11H13ClF2N2O3S. The predicted octanol–water partition coefficient (Wildman–Crippen LogP) is 1.79. The van der Waals surface area contributed by atoms with Crippen molar-refractivity contribution < 1.29 is 22.0 Å². The Balaban J connectivity index is 3.53.